The molecular weight excluding hydrogens is 362 g/mol. The van der Waals surface area contributed by atoms with Gasteiger partial charge < -0.3 is 18.9 Å². The first-order chi connectivity index (χ1) is 13.5. The summed E-state index contributed by atoms with van der Waals surface area (Å²) in [6, 6.07) is 8.82. The lowest BCUT2D eigenvalue weighted by molar-refractivity contribution is 0.168. The van der Waals surface area contributed by atoms with Crippen LogP contribution in [0.25, 0.3) is 10.9 Å². The number of benzene rings is 2. The maximum absolute atomic E-state index is 11.6. The average molecular weight is 383 g/mol. The van der Waals surface area contributed by atoms with Crippen molar-refractivity contribution >= 4 is 22.7 Å². The third-order valence-corrected chi connectivity index (χ3v) is 4.03. The maximum atomic E-state index is 11.6. The van der Waals surface area contributed by atoms with E-state index in [4.69, 9.17) is 18.9 Å². The summed E-state index contributed by atoms with van der Waals surface area (Å²) in [5.41, 5.74) is 2.13. The molecule has 8 nitrogen and oxygen atoms in total. The van der Waals surface area contributed by atoms with Crippen LogP contribution in [0.2, 0.25) is 0 Å². The first-order valence-electron chi connectivity index (χ1n) is 8.64. The van der Waals surface area contributed by atoms with Crippen LogP contribution in [0.15, 0.2) is 36.7 Å². The summed E-state index contributed by atoms with van der Waals surface area (Å²) in [5, 5.41) is 3.37. The molecule has 1 heterocycles. The number of aromatic nitrogens is 2. The maximum Gasteiger partial charge on any atom is 0.411 e. The normalized spacial score (nSPS) is 10.4. The van der Waals surface area contributed by atoms with Gasteiger partial charge in [-0.25, -0.2) is 14.8 Å². The number of nitrogens with zero attached hydrogens (tertiary/aromatic N) is 2. The Morgan fingerprint density at radius 2 is 1.82 bits per heavy atom. The molecule has 0 spiro atoms. The monoisotopic (exact) mass is 383 g/mol. The lowest BCUT2D eigenvalue weighted by atomic mass is 10.2. The Labute approximate surface area is 162 Å². The van der Waals surface area contributed by atoms with Crippen molar-refractivity contribution in [3.8, 4) is 23.1 Å². The molecule has 3 rings (SSSR count). The predicted octanol–water partition coefficient (Wildman–Crippen LogP) is 4.32. The molecule has 0 saturated heterocycles. The molecule has 0 saturated carbocycles. The second-order valence-electron chi connectivity index (χ2n) is 5.83. The highest BCUT2D eigenvalue weighted by atomic mass is 16.5. The smallest absolute Gasteiger partial charge is 0.411 e. The van der Waals surface area contributed by atoms with Gasteiger partial charge in [-0.1, -0.05) is 0 Å². The van der Waals surface area contributed by atoms with Gasteiger partial charge in [-0.2, -0.15) is 0 Å². The Kier molecular flexibility index (Phi) is 5.78. The number of rotatable bonds is 6. The third kappa shape index (κ3) is 4.06. The Hall–Kier alpha value is -3.55. The predicted molar refractivity (Wildman–Crippen MR) is 105 cm³/mol. The molecular formula is C20H21N3O5. The number of carbonyl (C=O) groups excluding carboxylic acids is 1. The van der Waals surface area contributed by atoms with Crippen molar-refractivity contribution in [1.29, 1.82) is 0 Å². The number of ether oxygens (including phenoxy) is 4. The lowest BCUT2D eigenvalue weighted by Gasteiger charge is -2.13. The number of hydrogen-bond donors (Lipinski definition) is 1. The van der Waals surface area contributed by atoms with Gasteiger partial charge in [0.1, 0.15) is 12.1 Å². The van der Waals surface area contributed by atoms with Crippen molar-refractivity contribution in [1.82, 2.24) is 9.97 Å². The van der Waals surface area contributed by atoms with Crippen LogP contribution in [0.1, 0.15) is 12.5 Å². The largest absolute Gasteiger partial charge is 0.493 e. The van der Waals surface area contributed by atoms with Crippen molar-refractivity contribution in [2.75, 3.05) is 26.1 Å². The second kappa shape index (κ2) is 8.43. The summed E-state index contributed by atoms with van der Waals surface area (Å²) in [6.07, 6.45) is 0.926. The van der Waals surface area contributed by atoms with Gasteiger partial charge in [-0.3, -0.25) is 5.32 Å². The third-order valence-electron chi connectivity index (χ3n) is 4.03. The number of anilines is 1. The molecule has 0 aliphatic heterocycles. The highest BCUT2D eigenvalue weighted by Gasteiger charge is 2.13. The molecule has 2 aromatic carbocycles. The van der Waals surface area contributed by atoms with Crippen LogP contribution in [0.5, 0.6) is 23.1 Å². The van der Waals surface area contributed by atoms with Gasteiger partial charge >= 0.3 is 6.09 Å². The molecule has 0 aliphatic carbocycles. The molecule has 3 aromatic rings. The van der Waals surface area contributed by atoms with Gasteiger partial charge in [-0.05, 0) is 43.7 Å². The van der Waals surface area contributed by atoms with Crippen LogP contribution in [0.3, 0.4) is 0 Å². The van der Waals surface area contributed by atoms with Crippen LogP contribution in [0, 0.1) is 6.92 Å². The van der Waals surface area contributed by atoms with Crippen molar-refractivity contribution in [2.45, 2.75) is 13.8 Å². The lowest BCUT2D eigenvalue weighted by Crippen LogP contribution is -2.14. The molecule has 146 valence electrons. The zero-order valence-corrected chi connectivity index (χ0v) is 16.1. The summed E-state index contributed by atoms with van der Waals surface area (Å²) in [5.74, 6) is 2.09. The molecule has 0 unspecified atom stereocenters. The number of methoxy groups -OCH3 is 2. The quantitative estimate of drug-likeness (QED) is 0.678. The summed E-state index contributed by atoms with van der Waals surface area (Å²) in [7, 11) is 3.13. The number of carbonyl (C=O) groups is 1. The van der Waals surface area contributed by atoms with Crippen molar-refractivity contribution < 1.29 is 23.7 Å². The summed E-state index contributed by atoms with van der Waals surface area (Å²) in [6.45, 7) is 3.92. The Bertz CT molecular complexity index is 1010. The number of hydrogen-bond acceptors (Lipinski definition) is 7. The molecule has 0 bridgehead atoms. The fraction of sp³-hybridized carbons (Fsp3) is 0.250. The highest BCUT2D eigenvalue weighted by molar-refractivity contribution is 5.87. The van der Waals surface area contributed by atoms with E-state index in [-0.39, 0.29) is 0 Å². The van der Waals surface area contributed by atoms with Crippen LogP contribution in [0.4, 0.5) is 10.5 Å². The molecule has 28 heavy (non-hydrogen) atoms. The minimum Gasteiger partial charge on any atom is -0.493 e. The van der Waals surface area contributed by atoms with E-state index < -0.39 is 6.09 Å². The van der Waals surface area contributed by atoms with Crippen LogP contribution in [-0.2, 0) is 4.74 Å². The topological polar surface area (TPSA) is 91.8 Å². The fourth-order valence-corrected chi connectivity index (χ4v) is 2.67. The molecule has 0 aliphatic rings. The molecule has 0 fully saturated rings. The van der Waals surface area contributed by atoms with Crippen molar-refractivity contribution in [2.24, 2.45) is 0 Å². The van der Waals surface area contributed by atoms with Gasteiger partial charge in [-0.15, -0.1) is 0 Å². The second-order valence-corrected chi connectivity index (χ2v) is 5.83. The first kappa shape index (κ1) is 19.2. The zero-order chi connectivity index (χ0) is 20.1. The van der Waals surface area contributed by atoms with Crippen molar-refractivity contribution in [3.63, 3.8) is 0 Å². The van der Waals surface area contributed by atoms with E-state index in [1.807, 2.05) is 6.92 Å². The van der Waals surface area contributed by atoms with Crippen molar-refractivity contribution in [3.05, 3.63) is 42.2 Å². The number of amides is 1. The summed E-state index contributed by atoms with van der Waals surface area (Å²) < 4.78 is 21.5. The van der Waals surface area contributed by atoms with Gasteiger partial charge in [0, 0.05) is 11.8 Å². The van der Waals surface area contributed by atoms with Crippen LogP contribution in [-0.4, -0.2) is 36.9 Å². The Balaban J connectivity index is 1.90. The molecule has 1 amide bonds. The summed E-state index contributed by atoms with van der Waals surface area (Å²) >= 11 is 0. The van der Waals surface area contributed by atoms with Gasteiger partial charge in [0.05, 0.1) is 31.7 Å². The Morgan fingerprint density at radius 3 is 2.50 bits per heavy atom. The number of fused-ring (bicyclic) bond motifs is 1. The van der Waals surface area contributed by atoms with E-state index in [2.05, 4.69) is 15.3 Å². The fourth-order valence-electron chi connectivity index (χ4n) is 2.67. The standard InChI is InChI=1S/C20H21N3O5/c1-5-27-20(24)23-15-7-6-13(8-12(15)2)28-19-14-9-17(25-3)18(26-4)10-16(14)21-11-22-19/h6-11H,5H2,1-4H3,(H,23,24). The number of aryl methyl sites for hydroxylation is 1. The molecule has 1 N–H and O–H groups in total. The number of nitrogens with one attached hydrogen (secondary N) is 1. The Morgan fingerprint density at radius 1 is 1.07 bits per heavy atom. The average Bonchev–Trinajstić information content (AvgIpc) is 2.69. The van der Waals surface area contributed by atoms with E-state index in [1.165, 1.54) is 6.33 Å². The molecule has 0 radical (unpaired) electrons. The van der Waals surface area contributed by atoms with Crippen LogP contribution < -0.4 is 19.5 Å². The van der Waals surface area contributed by atoms with E-state index in [0.717, 1.165) is 5.56 Å². The van der Waals surface area contributed by atoms with Gasteiger partial charge in [0.25, 0.3) is 0 Å². The van der Waals surface area contributed by atoms with Gasteiger partial charge in [0.2, 0.25) is 5.88 Å². The summed E-state index contributed by atoms with van der Waals surface area (Å²) in [4.78, 5) is 20.1. The van der Waals surface area contributed by atoms with E-state index in [0.29, 0.717) is 46.3 Å². The van der Waals surface area contributed by atoms with Crippen LogP contribution >= 0.6 is 0 Å². The first-order valence-corrected chi connectivity index (χ1v) is 8.64. The van der Waals surface area contributed by atoms with E-state index >= 15 is 0 Å². The molecule has 8 heteroatoms. The van der Waals surface area contributed by atoms with E-state index in [1.54, 1.807) is 51.5 Å². The SMILES string of the molecule is CCOC(=O)Nc1ccc(Oc2ncnc3cc(OC)c(OC)cc23)cc1C. The minimum absolute atomic E-state index is 0.307. The zero-order valence-electron chi connectivity index (χ0n) is 16.1. The van der Waals surface area contributed by atoms with E-state index in [9.17, 15) is 4.79 Å². The molecule has 0 atom stereocenters. The van der Waals surface area contributed by atoms with Gasteiger partial charge in [0.15, 0.2) is 11.5 Å². The minimum atomic E-state index is -0.498. The molecule has 1 aromatic heterocycles. The highest BCUT2D eigenvalue weighted by Crippen LogP contribution is 2.36.